The predicted octanol–water partition coefficient (Wildman–Crippen LogP) is 2.83. The van der Waals surface area contributed by atoms with Gasteiger partial charge in [0.1, 0.15) is 0 Å². The van der Waals surface area contributed by atoms with Gasteiger partial charge in [-0.15, -0.1) is 0 Å². The van der Waals surface area contributed by atoms with Crippen LogP contribution in [0.1, 0.15) is 12.5 Å². The first-order valence-electron chi connectivity index (χ1n) is 6.55. The Kier molecular flexibility index (Phi) is 6.22. The van der Waals surface area contributed by atoms with Crippen LogP contribution in [0.2, 0.25) is 5.02 Å². The molecule has 8 heteroatoms. The molecule has 0 aromatic heterocycles. The van der Waals surface area contributed by atoms with Crippen molar-refractivity contribution < 1.29 is 23.1 Å². The zero-order valence-corrected chi connectivity index (χ0v) is 13.2. The molecule has 1 amide bonds. The van der Waals surface area contributed by atoms with Crippen LogP contribution in [0, 0.1) is 6.92 Å². The van der Waals surface area contributed by atoms with E-state index in [0.717, 1.165) is 4.90 Å². The highest BCUT2D eigenvalue weighted by Gasteiger charge is 2.39. The van der Waals surface area contributed by atoms with Gasteiger partial charge in [-0.2, -0.15) is 13.2 Å². The Morgan fingerprint density at radius 1 is 1.45 bits per heavy atom. The summed E-state index contributed by atoms with van der Waals surface area (Å²) in [7, 11) is 1.34. The second-order valence-electron chi connectivity index (χ2n) is 5.07. The van der Waals surface area contributed by atoms with Crippen LogP contribution < -0.4 is 5.32 Å². The van der Waals surface area contributed by atoms with Crippen molar-refractivity contribution in [3.8, 4) is 0 Å². The van der Waals surface area contributed by atoms with Crippen molar-refractivity contribution >= 4 is 23.2 Å². The molecule has 2 N–H and O–H groups in total. The van der Waals surface area contributed by atoms with Gasteiger partial charge in [0.25, 0.3) is 0 Å². The lowest BCUT2D eigenvalue weighted by Crippen LogP contribution is -2.46. The molecule has 0 bridgehead atoms. The van der Waals surface area contributed by atoms with Gasteiger partial charge in [0.05, 0.1) is 6.04 Å². The van der Waals surface area contributed by atoms with Crippen LogP contribution in [0.25, 0.3) is 0 Å². The van der Waals surface area contributed by atoms with Gasteiger partial charge in [0.2, 0.25) is 5.91 Å². The predicted molar refractivity (Wildman–Crippen MR) is 79.0 cm³/mol. The molecule has 0 radical (unpaired) electrons. The first-order valence-corrected chi connectivity index (χ1v) is 6.92. The smallest absolute Gasteiger partial charge is 0.382 e. The molecule has 0 saturated carbocycles. The molecule has 0 fully saturated rings. The minimum Gasteiger partial charge on any atom is -0.382 e. The maximum Gasteiger partial charge on any atom is 0.415 e. The number of amides is 1. The third-order valence-corrected chi connectivity index (χ3v) is 3.81. The zero-order chi connectivity index (χ0) is 17.1. The fourth-order valence-electron chi connectivity index (χ4n) is 1.71. The van der Waals surface area contributed by atoms with E-state index in [1.807, 2.05) is 0 Å². The molecule has 4 nitrogen and oxygen atoms in total. The van der Waals surface area contributed by atoms with E-state index in [1.54, 1.807) is 25.1 Å². The second-order valence-corrected chi connectivity index (χ2v) is 5.48. The number of carbonyl (C=O) groups excluding carboxylic acids is 1. The van der Waals surface area contributed by atoms with Crippen molar-refractivity contribution in [2.24, 2.45) is 0 Å². The summed E-state index contributed by atoms with van der Waals surface area (Å²) in [5.41, 5.74) is 1.16. The third-order valence-electron chi connectivity index (χ3n) is 3.40. The number of anilines is 1. The van der Waals surface area contributed by atoms with E-state index in [2.05, 4.69) is 5.32 Å². The number of nitrogens with one attached hydrogen (secondary N) is 1. The van der Waals surface area contributed by atoms with Crippen LogP contribution in [-0.2, 0) is 4.79 Å². The highest BCUT2D eigenvalue weighted by Crippen LogP contribution is 2.24. The lowest BCUT2D eigenvalue weighted by atomic mass is 10.2. The number of likely N-dealkylation sites (N-methyl/N-ethyl adjacent to an activating group) is 1. The van der Waals surface area contributed by atoms with E-state index in [-0.39, 0.29) is 0 Å². The Balaban J connectivity index is 2.70. The number of alkyl halides is 3. The summed E-state index contributed by atoms with van der Waals surface area (Å²) in [4.78, 5) is 13.2. The maximum atomic E-state index is 12.3. The van der Waals surface area contributed by atoms with Crippen LogP contribution in [-0.4, -0.2) is 47.8 Å². The van der Waals surface area contributed by atoms with Gasteiger partial charge in [-0.3, -0.25) is 9.69 Å². The minimum atomic E-state index is -4.71. The van der Waals surface area contributed by atoms with Gasteiger partial charge >= 0.3 is 6.18 Å². The van der Waals surface area contributed by atoms with Crippen molar-refractivity contribution in [3.63, 3.8) is 0 Å². The Labute approximate surface area is 131 Å². The molecule has 0 saturated heterocycles. The number of benzene rings is 1. The minimum absolute atomic E-state index is 0.478. The van der Waals surface area contributed by atoms with Crippen molar-refractivity contribution in [1.82, 2.24) is 4.90 Å². The molecule has 2 atom stereocenters. The highest BCUT2D eigenvalue weighted by molar-refractivity contribution is 6.31. The van der Waals surface area contributed by atoms with Crippen LogP contribution in [0.5, 0.6) is 0 Å². The quantitative estimate of drug-likeness (QED) is 0.868. The van der Waals surface area contributed by atoms with Gasteiger partial charge in [-0.05, 0) is 38.6 Å². The summed E-state index contributed by atoms with van der Waals surface area (Å²) >= 11 is 5.94. The maximum absolute atomic E-state index is 12.3. The van der Waals surface area contributed by atoms with E-state index in [0.29, 0.717) is 16.3 Å². The zero-order valence-electron chi connectivity index (χ0n) is 12.4. The molecule has 1 rings (SSSR count). The Morgan fingerprint density at radius 3 is 2.59 bits per heavy atom. The van der Waals surface area contributed by atoms with Crippen LogP contribution >= 0.6 is 11.6 Å². The van der Waals surface area contributed by atoms with Crippen molar-refractivity contribution in [2.45, 2.75) is 32.2 Å². The summed E-state index contributed by atoms with van der Waals surface area (Å²) in [5, 5.41) is 12.1. The summed E-state index contributed by atoms with van der Waals surface area (Å²) in [6, 6.07) is 4.13. The van der Waals surface area contributed by atoms with E-state index in [9.17, 15) is 18.0 Å². The molecule has 1 aromatic carbocycles. The second kappa shape index (κ2) is 7.30. The van der Waals surface area contributed by atoms with Crippen molar-refractivity contribution in [1.29, 1.82) is 0 Å². The first kappa shape index (κ1) is 18.7. The van der Waals surface area contributed by atoms with E-state index < -0.39 is 30.8 Å². The fraction of sp³-hybridized carbons (Fsp3) is 0.500. The Morgan fingerprint density at radius 2 is 2.05 bits per heavy atom. The number of carbonyl (C=O) groups is 1. The molecule has 1 aromatic rings. The molecule has 124 valence electrons. The lowest BCUT2D eigenvalue weighted by Gasteiger charge is -2.27. The van der Waals surface area contributed by atoms with Gasteiger partial charge in [-0.25, -0.2) is 0 Å². The molecule has 0 spiro atoms. The molecule has 0 heterocycles. The lowest BCUT2D eigenvalue weighted by molar-refractivity contribution is -0.208. The van der Waals surface area contributed by atoms with E-state index in [4.69, 9.17) is 16.7 Å². The Hall–Kier alpha value is -1.31. The largest absolute Gasteiger partial charge is 0.415 e. The number of halogens is 4. The van der Waals surface area contributed by atoms with Gasteiger partial charge in [0, 0.05) is 17.3 Å². The van der Waals surface area contributed by atoms with Crippen LogP contribution in [0.15, 0.2) is 18.2 Å². The van der Waals surface area contributed by atoms with E-state index >= 15 is 0 Å². The molecular formula is C14H18ClF3N2O2. The van der Waals surface area contributed by atoms with Crippen LogP contribution in [0.4, 0.5) is 18.9 Å². The number of aliphatic hydroxyl groups excluding tert-OH is 1. The van der Waals surface area contributed by atoms with Gasteiger partial charge in [0.15, 0.2) is 6.10 Å². The molecular weight excluding hydrogens is 321 g/mol. The third kappa shape index (κ3) is 4.86. The SMILES string of the molecule is Cc1c(Cl)cccc1NC(=O)C(C)N(C)CC(O)C(F)(F)F. The molecule has 0 aliphatic carbocycles. The summed E-state index contributed by atoms with van der Waals surface area (Å²) in [5.74, 6) is -0.484. The average molecular weight is 339 g/mol. The van der Waals surface area contributed by atoms with Crippen molar-refractivity contribution in [2.75, 3.05) is 18.9 Å². The summed E-state index contributed by atoms with van der Waals surface area (Å²) in [6.45, 7) is 2.49. The van der Waals surface area contributed by atoms with Gasteiger partial charge in [-0.1, -0.05) is 17.7 Å². The summed E-state index contributed by atoms with van der Waals surface area (Å²) in [6.07, 6.45) is -7.21. The first-order chi connectivity index (χ1) is 10.0. The average Bonchev–Trinajstić information content (AvgIpc) is 2.41. The summed E-state index contributed by atoms with van der Waals surface area (Å²) < 4.78 is 37.0. The topological polar surface area (TPSA) is 52.6 Å². The molecule has 0 aliphatic rings. The number of hydrogen-bond donors (Lipinski definition) is 2. The fourth-order valence-corrected chi connectivity index (χ4v) is 1.89. The van der Waals surface area contributed by atoms with Gasteiger partial charge < -0.3 is 10.4 Å². The van der Waals surface area contributed by atoms with Crippen molar-refractivity contribution in [3.05, 3.63) is 28.8 Å². The van der Waals surface area contributed by atoms with Crippen LogP contribution in [0.3, 0.4) is 0 Å². The standard InChI is InChI=1S/C14H18ClF3N2O2/c1-8-10(15)5-4-6-11(8)19-13(22)9(2)20(3)7-12(21)14(16,17)18/h4-6,9,12,21H,7H2,1-3H3,(H,19,22). The molecule has 22 heavy (non-hydrogen) atoms. The number of hydrogen-bond acceptors (Lipinski definition) is 3. The highest BCUT2D eigenvalue weighted by atomic mass is 35.5. The normalized spacial score (nSPS) is 14.8. The number of rotatable bonds is 5. The van der Waals surface area contributed by atoms with E-state index in [1.165, 1.54) is 14.0 Å². The Bertz CT molecular complexity index is 537. The number of nitrogens with zero attached hydrogens (tertiary/aromatic N) is 1. The number of aliphatic hydroxyl groups is 1. The molecule has 2 unspecified atom stereocenters. The molecule has 0 aliphatic heterocycles. The monoisotopic (exact) mass is 338 g/mol.